The van der Waals surface area contributed by atoms with E-state index in [0.717, 1.165) is 12.2 Å². The Labute approximate surface area is 229 Å². The van der Waals surface area contributed by atoms with Gasteiger partial charge in [0.25, 0.3) is 11.1 Å². The summed E-state index contributed by atoms with van der Waals surface area (Å²) >= 11 is 5.21. The first-order valence-corrected chi connectivity index (χ1v) is 14.5. The van der Waals surface area contributed by atoms with Gasteiger partial charge in [0.15, 0.2) is 10.7 Å². The predicted molar refractivity (Wildman–Crippen MR) is 150 cm³/mol. The number of carbonyl (C=O) groups excluding carboxylic acids is 4. The van der Waals surface area contributed by atoms with Crippen molar-refractivity contribution in [2.24, 2.45) is 17.3 Å². The van der Waals surface area contributed by atoms with Crippen molar-refractivity contribution in [3.8, 4) is 0 Å². The molecule has 0 radical (unpaired) electrons. The zero-order valence-electron chi connectivity index (χ0n) is 22.3. The number of hydrogen-bond donors (Lipinski definition) is 3. The van der Waals surface area contributed by atoms with Gasteiger partial charge < -0.3 is 20.3 Å². The summed E-state index contributed by atoms with van der Waals surface area (Å²) in [4.78, 5) is 47.8. The number of nitrogens with one attached hydrogen (secondary N) is 2. The third-order valence-electron chi connectivity index (χ3n) is 7.54. The van der Waals surface area contributed by atoms with E-state index < -0.39 is 4.87 Å². The van der Waals surface area contributed by atoms with Gasteiger partial charge in [-0.3, -0.25) is 19.2 Å². The average molecular weight is 550 g/mol. The first-order valence-electron chi connectivity index (χ1n) is 12.8. The molecule has 0 spiro atoms. The summed E-state index contributed by atoms with van der Waals surface area (Å²) in [6, 6.07) is 7.05. The van der Waals surface area contributed by atoms with Crippen molar-refractivity contribution in [3.63, 3.8) is 0 Å². The summed E-state index contributed by atoms with van der Waals surface area (Å²) in [5.41, 5.74) is 1.60. The number of thiol groups is 1. The van der Waals surface area contributed by atoms with Gasteiger partial charge in [-0.15, -0.1) is 11.8 Å². The van der Waals surface area contributed by atoms with E-state index in [2.05, 4.69) is 30.2 Å². The number of ether oxygens (including phenoxy) is 1. The minimum atomic E-state index is -0.821. The number of thioether (sulfide) groups is 1. The second-order valence-electron chi connectivity index (χ2n) is 10.8. The average Bonchev–Trinajstić information content (AvgIpc) is 3.53. The number of Topliss-reactive ketones (excluding diaryl/α,β-unsaturated/α-hetero) is 1. The van der Waals surface area contributed by atoms with E-state index in [1.807, 2.05) is 27.0 Å². The highest BCUT2D eigenvalue weighted by atomic mass is 32.2. The van der Waals surface area contributed by atoms with Gasteiger partial charge in [-0.05, 0) is 48.8 Å². The van der Waals surface area contributed by atoms with Crippen LogP contribution in [0, 0.1) is 17.3 Å². The molecule has 2 aliphatic heterocycles. The van der Waals surface area contributed by atoms with E-state index in [1.165, 1.54) is 42.3 Å². The van der Waals surface area contributed by atoms with E-state index >= 15 is 0 Å². The lowest BCUT2D eigenvalue weighted by Crippen LogP contribution is -2.51. The van der Waals surface area contributed by atoms with Gasteiger partial charge in [0.2, 0.25) is 5.91 Å². The van der Waals surface area contributed by atoms with Gasteiger partial charge in [-0.1, -0.05) is 53.2 Å². The van der Waals surface area contributed by atoms with Gasteiger partial charge in [0, 0.05) is 36.2 Å². The number of benzene rings is 1. The van der Waals surface area contributed by atoms with E-state index in [1.54, 1.807) is 24.3 Å². The quantitative estimate of drug-likeness (QED) is 0.448. The fourth-order valence-corrected chi connectivity index (χ4v) is 6.77. The summed E-state index contributed by atoms with van der Waals surface area (Å²) in [6.45, 7) is 9.31. The molecule has 37 heavy (non-hydrogen) atoms. The van der Waals surface area contributed by atoms with Crippen molar-refractivity contribution in [1.29, 1.82) is 0 Å². The maximum absolute atomic E-state index is 12.2. The molecule has 4 rings (SSSR count). The Hall–Kier alpha value is -2.04. The van der Waals surface area contributed by atoms with Crippen LogP contribution < -0.4 is 10.6 Å². The molecule has 1 aromatic carbocycles. The highest BCUT2D eigenvalue weighted by Gasteiger charge is 2.62. The molecule has 1 aromatic rings. The molecule has 10 heteroatoms. The Morgan fingerprint density at radius 3 is 2.35 bits per heavy atom. The van der Waals surface area contributed by atoms with Crippen molar-refractivity contribution in [2.45, 2.75) is 64.4 Å². The standard InChI is InChI=1S/C18H26N2O2.C9H13NO3S2/c1-13(2)16(21)20-15-8-6-14(7-9-15)17(22)19-12-18(3)10-4-5-11-18;1-5-3-10(8(12)14)9(15-2)6(11)4-13-7(5)9/h6-9,13H,4-5,10-12H2,1-3H3,(H,19,22)(H,20,21);5,7H,3-4H2,1-2H3,(H,12,14)/t;5?,7?,9-/m.0/s1. The fraction of sp³-hybridized carbons (Fsp3) is 0.630. The maximum Gasteiger partial charge on any atom is 0.280 e. The number of likely N-dealkylation sites (tertiary alicyclic amines) is 1. The molecule has 3 amide bonds. The van der Waals surface area contributed by atoms with Gasteiger partial charge in [-0.2, -0.15) is 0 Å². The fourth-order valence-electron chi connectivity index (χ4n) is 5.27. The summed E-state index contributed by atoms with van der Waals surface area (Å²) in [5.74, 6) is 0.0306. The van der Waals surface area contributed by atoms with Crippen LogP contribution in [0.5, 0.6) is 0 Å². The second kappa shape index (κ2) is 12.2. The molecule has 8 nitrogen and oxygen atoms in total. The van der Waals surface area contributed by atoms with Crippen LogP contribution >= 0.6 is 24.4 Å². The molecule has 2 unspecified atom stereocenters. The topological polar surface area (TPSA) is 105 Å². The molecule has 0 aromatic heterocycles. The van der Waals surface area contributed by atoms with Gasteiger partial charge in [0.1, 0.15) is 12.7 Å². The summed E-state index contributed by atoms with van der Waals surface area (Å²) in [6.07, 6.45) is 6.55. The van der Waals surface area contributed by atoms with Crippen LogP contribution in [-0.4, -0.2) is 64.7 Å². The molecule has 3 atom stereocenters. The van der Waals surface area contributed by atoms with Crippen molar-refractivity contribution >= 4 is 52.9 Å². The number of fused-ring (bicyclic) bond motifs is 1. The van der Waals surface area contributed by atoms with E-state index in [9.17, 15) is 19.2 Å². The number of anilines is 1. The minimum Gasteiger partial charge on any atom is -0.366 e. The van der Waals surface area contributed by atoms with Crippen LogP contribution in [0.2, 0.25) is 0 Å². The lowest BCUT2D eigenvalue weighted by atomic mass is 9.89. The van der Waals surface area contributed by atoms with Crippen LogP contribution in [0.3, 0.4) is 0 Å². The predicted octanol–water partition coefficient (Wildman–Crippen LogP) is 4.61. The molecule has 2 saturated heterocycles. The van der Waals surface area contributed by atoms with Crippen LogP contribution in [0.15, 0.2) is 24.3 Å². The van der Waals surface area contributed by atoms with Crippen LogP contribution in [0.25, 0.3) is 0 Å². The molecule has 1 saturated carbocycles. The minimum absolute atomic E-state index is 0.0215. The van der Waals surface area contributed by atoms with Gasteiger partial charge >= 0.3 is 0 Å². The number of ketones is 1. The monoisotopic (exact) mass is 549 g/mol. The van der Waals surface area contributed by atoms with Crippen molar-refractivity contribution in [1.82, 2.24) is 10.2 Å². The normalized spacial score (nSPS) is 25.9. The van der Waals surface area contributed by atoms with E-state index in [-0.39, 0.29) is 52.8 Å². The van der Waals surface area contributed by atoms with Crippen LogP contribution in [0.4, 0.5) is 10.5 Å². The molecule has 2 heterocycles. The Kier molecular flexibility index (Phi) is 9.74. The lowest BCUT2D eigenvalue weighted by Gasteiger charge is -2.32. The van der Waals surface area contributed by atoms with Gasteiger partial charge in [-0.25, -0.2) is 0 Å². The molecule has 2 N–H and O–H groups in total. The first-order chi connectivity index (χ1) is 17.4. The van der Waals surface area contributed by atoms with Crippen LogP contribution in [-0.2, 0) is 14.3 Å². The molecular formula is C27H39N3O5S2. The molecule has 3 fully saturated rings. The maximum atomic E-state index is 12.2. The third kappa shape index (κ3) is 6.52. The zero-order valence-corrected chi connectivity index (χ0v) is 24.0. The Balaban J connectivity index is 0.000000220. The van der Waals surface area contributed by atoms with Gasteiger partial charge in [0.05, 0.1) is 0 Å². The van der Waals surface area contributed by atoms with Crippen LogP contribution in [0.1, 0.15) is 63.7 Å². The molecule has 204 valence electrons. The number of carbonyl (C=O) groups is 4. The SMILES string of the molecule is CC(C)C(=O)Nc1ccc(C(=O)NCC2(C)CCCC2)cc1.CS[C@@]12C(=O)COC1C(C)CN2C(=O)S. The second-order valence-corrected chi connectivity index (χ2v) is 12.3. The smallest absolute Gasteiger partial charge is 0.280 e. The van der Waals surface area contributed by atoms with E-state index in [0.29, 0.717) is 12.1 Å². The van der Waals surface area contributed by atoms with Crippen molar-refractivity contribution in [3.05, 3.63) is 29.8 Å². The number of nitrogens with zero attached hydrogens (tertiary/aromatic N) is 1. The summed E-state index contributed by atoms with van der Waals surface area (Å²) < 4.78 is 5.48. The number of rotatable bonds is 6. The Morgan fingerprint density at radius 1 is 1.19 bits per heavy atom. The zero-order chi connectivity index (χ0) is 27.4. The Bertz CT molecular complexity index is 1010. The lowest BCUT2D eigenvalue weighted by molar-refractivity contribution is -0.121. The van der Waals surface area contributed by atoms with Crippen molar-refractivity contribution in [2.75, 3.05) is 31.3 Å². The molecule has 0 bridgehead atoms. The highest BCUT2D eigenvalue weighted by Crippen LogP contribution is 2.47. The Morgan fingerprint density at radius 2 is 1.81 bits per heavy atom. The summed E-state index contributed by atoms with van der Waals surface area (Å²) in [7, 11) is 0. The highest BCUT2D eigenvalue weighted by molar-refractivity contribution is 8.01. The number of hydrogen-bond acceptors (Lipinski definition) is 6. The van der Waals surface area contributed by atoms with E-state index in [4.69, 9.17) is 4.74 Å². The summed E-state index contributed by atoms with van der Waals surface area (Å²) in [5, 5.41) is 5.50. The third-order valence-corrected chi connectivity index (χ3v) is 9.08. The molecule has 3 aliphatic rings. The molecular weight excluding hydrogens is 510 g/mol. The molecule has 1 aliphatic carbocycles. The largest absolute Gasteiger partial charge is 0.366 e. The number of amides is 3. The van der Waals surface area contributed by atoms with Crippen molar-refractivity contribution < 1.29 is 23.9 Å². The first kappa shape index (κ1) is 29.5.